The lowest BCUT2D eigenvalue weighted by molar-refractivity contribution is -0.134. The molecule has 4 amide bonds. The summed E-state index contributed by atoms with van der Waals surface area (Å²) in [5.41, 5.74) is 0. The average molecular weight is 561 g/mol. The lowest BCUT2D eigenvalue weighted by atomic mass is 9.99. The van der Waals surface area contributed by atoms with E-state index in [9.17, 15) is 29.4 Å². The van der Waals surface area contributed by atoms with Crippen molar-refractivity contribution in [1.82, 2.24) is 21.3 Å². The third-order valence-corrected chi connectivity index (χ3v) is 7.34. The average Bonchev–Trinajstić information content (AvgIpc) is 3.42. The second-order valence-electron chi connectivity index (χ2n) is 11.0. The van der Waals surface area contributed by atoms with Gasteiger partial charge in [0.1, 0.15) is 12.1 Å². The molecule has 1 saturated carbocycles. The van der Waals surface area contributed by atoms with Gasteiger partial charge in [-0.3, -0.25) is 19.2 Å². The summed E-state index contributed by atoms with van der Waals surface area (Å²) in [6.07, 6.45) is 18.8. The fourth-order valence-corrected chi connectivity index (χ4v) is 5.00. The van der Waals surface area contributed by atoms with Crippen molar-refractivity contribution in [2.24, 2.45) is 5.92 Å². The van der Waals surface area contributed by atoms with E-state index in [0.717, 1.165) is 18.8 Å². The molecule has 40 heavy (non-hydrogen) atoms. The Kier molecular flexibility index (Phi) is 15.3. The SMILES string of the molecule is C[C@H]1/C=C\C(=O)NCC[C@H](O)C[C@H](NC(=O)[C@@H](NC(=O)/C=C/C=C/CCCCCC2CCCC2)[C@@H](C)O)C(=O)N1. The van der Waals surface area contributed by atoms with Crippen molar-refractivity contribution < 1.29 is 29.4 Å². The van der Waals surface area contributed by atoms with E-state index >= 15 is 0 Å². The summed E-state index contributed by atoms with van der Waals surface area (Å²) in [6, 6.07) is -2.91. The van der Waals surface area contributed by atoms with Crippen molar-refractivity contribution >= 4 is 23.6 Å². The first-order valence-corrected chi connectivity index (χ1v) is 14.7. The Morgan fingerprint density at radius 3 is 2.60 bits per heavy atom. The predicted octanol–water partition coefficient (Wildman–Crippen LogP) is 1.92. The number of aliphatic hydroxyl groups excluding tert-OH is 2. The molecule has 2 aliphatic rings. The molecular weight excluding hydrogens is 512 g/mol. The van der Waals surface area contributed by atoms with E-state index in [1.807, 2.05) is 6.08 Å². The minimum atomic E-state index is -1.30. The molecular formula is C30H48N4O6. The second kappa shape index (κ2) is 18.4. The number of aliphatic hydroxyl groups is 2. The van der Waals surface area contributed by atoms with E-state index in [2.05, 4.69) is 21.3 Å². The summed E-state index contributed by atoms with van der Waals surface area (Å²) < 4.78 is 0. The van der Waals surface area contributed by atoms with Crippen molar-refractivity contribution in [3.8, 4) is 0 Å². The smallest absolute Gasteiger partial charge is 0.245 e. The highest BCUT2D eigenvalue weighted by atomic mass is 16.3. The maximum absolute atomic E-state index is 13.0. The molecule has 0 aromatic heterocycles. The molecule has 0 bridgehead atoms. The van der Waals surface area contributed by atoms with Crippen LogP contribution in [0.4, 0.5) is 0 Å². The number of unbranched alkanes of at least 4 members (excludes halogenated alkanes) is 3. The van der Waals surface area contributed by atoms with Gasteiger partial charge in [0.15, 0.2) is 0 Å². The molecule has 5 atom stereocenters. The van der Waals surface area contributed by atoms with E-state index in [1.54, 1.807) is 19.1 Å². The summed E-state index contributed by atoms with van der Waals surface area (Å²) >= 11 is 0. The van der Waals surface area contributed by atoms with E-state index in [0.29, 0.717) is 0 Å². The molecule has 0 saturated heterocycles. The predicted molar refractivity (Wildman–Crippen MR) is 154 cm³/mol. The zero-order valence-electron chi connectivity index (χ0n) is 23.9. The quantitative estimate of drug-likeness (QED) is 0.122. The number of carbonyl (C=O) groups is 4. The van der Waals surface area contributed by atoms with Crippen LogP contribution in [0.25, 0.3) is 0 Å². The maximum atomic E-state index is 13.0. The zero-order valence-corrected chi connectivity index (χ0v) is 23.9. The van der Waals surface area contributed by atoms with Gasteiger partial charge >= 0.3 is 0 Å². The highest BCUT2D eigenvalue weighted by Crippen LogP contribution is 2.29. The van der Waals surface area contributed by atoms with Crippen molar-refractivity contribution in [3.63, 3.8) is 0 Å². The van der Waals surface area contributed by atoms with Crippen LogP contribution in [0, 0.1) is 5.92 Å². The Hall–Kier alpha value is -2.98. The summed E-state index contributed by atoms with van der Waals surface area (Å²) in [4.78, 5) is 49.9. The van der Waals surface area contributed by atoms with Gasteiger partial charge in [-0.2, -0.15) is 0 Å². The van der Waals surface area contributed by atoms with Gasteiger partial charge in [-0.15, -0.1) is 0 Å². The lowest BCUT2D eigenvalue weighted by Gasteiger charge is -2.26. The number of amides is 4. The van der Waals surface area contributed by atoms with E-state index in [4.69, 9.17) is 0 Å². The molecule has 1 fully saturated rings. The van der Waals surface area contributed by atoms with E-state index < -0.39 is 48.1 Å². The van der Waals surface area contributed by atoms with Gasteiger partial charge < -0.3 is 31.5 Å². The normalized spacial score (nSPS) is 25.4. The molecule has 1 aliphatic heterocycles. The fourth-order valence-electron chi connectivity index (χ4n) is 5.00. The first-order valence-electron chi connectivity index (χ1n) is 14.7. The van der Waals surface area contributed by atoms with Crippen LogP contribution >= 0.6 is 0 Å². The topological polar surface area (TPSA) is 157 Å². The number of nitrogens with one attached hydrogen (secondary N) is 4. The Morgan fingerprint density at radius 1 is 1.12 bits per heavy atom. The van der Waals surface area contributed by atoms with Crippen LogP contribution in [0.3, 0.4) is 0 Å². The van der Waals surface area contributed by atoms with Crippen LogP contribution in [0.5, 0.6) is 0 Å². The summed E-state index contributed by atoms with van der Waals surface area (Å²) in [5, 5.41) is 30.9. The number of hydrogen-bond donors (Lipinski definition) is 6. The van der Waals surface area contributed by atoms with Crippen LogP contribution in [-0.2, 0) is 19.2 Å². The highest BCUT2D eigenvalue weighted by molar-refractivity contribution is 5.95. The van der Waals surface area contributed by atoms with E-state index in [-0.39, 0.29) is 25.3 Å². The molecule has 10 heteroatoms. The molecule has 1 aliphatic carbocycles. The molecule has 0 aromatic carbocycles. The molecule has 1 heterocycles. The number of allylic oxidation sites excluding steroid dienone is 3. The van der Waals surface area contributed by atoms with Crippen LogP contribution < -0.4 is 21.3 Å². The Balaban J connectivity index is 1.84. The van der Waals surface area contributed by atoms with Crippen molar-refractivity contribution in [2.45, 2.75) is 115 Å². The maximum Gasteiger partial charge on any atom is 0.245 e. The van der Waals surface area contributed by atoms with Gasteiger partial charge in [-0.05, 0) is 39.0 Å². The van der Waals surface area contributed by atoms with Gasteiger partial charge in [0.05, 0.1) is 12.2 Å². The number of carbonyl (C=O) groups excluding carboxylic acids is 4. The van der Waals surface area contributed by atoms with Gasteiger partial charge in [0.25, 0.3) is 0 Å². The van der Waals surface area contributed by atoms with Gasteiger partial charge in [0.2, 0.25) is 23.6 Å². The van der Waals surface area contributed by atoms with Crippen LogP contribution in [0.1, 0.15) is 84.5 Å². The lowest BCUT2D eigenvalue weighted by Crippen LogP contribution is -2.58. The van der Waals surface area contributed by atoms with Crippen LogP contribution in [0.15, 0.2) is 36.5 Å². The fraction of sp³-hybridized carbons (Fsp3) is 0.667. The summed E-state index contributed by atoms with van der Waals surface area (Å²) in [7, 11) is 0. The third kappa shape index (κ3) is 13.4. The van der Waals surface area contributed by atoms with Gasteiger partial charge in [0, 0.05) is 31.2 Å². The molecule has 0 radical (unpaired) electrons. The molecule has 0 spiro atoms. The first-order chi connectivity index (χ1) is 19.2. The first kappa shape index (κ1) is 33.2. The van der Waals surface area contributed by atoms with Gasteiger partial charge in [-0.1, -0.05) is 69.2 Å². The van der Waals surface area contributed by atoms with Crippen LogP contribution in [0.2, 0.25) is 0 Å². The zero-order chi connectivity index (χ0) is 29.3. The molecule has 0 aromatic rings. The Labute approximate surface area is 238 Å². The number of rotatable bonds is 12. The molecule has 224 valence electrons. The Morgan fingerprint density at radius 2 is 1.88 bits per heavy atom. The minimum Gasteiger partial charge on any atom is -0.393 e. The molecule has 0 unspecified atom stereocenters. The second-order valence-corrected chi connectivity index (χ2v) is 11.0. The highest BCUT2D eigenvalue weighted by Gasteiger charge is 2.31. The molecule has 10 nitrogen and oxygen atoms in total. The van der Waals surface area contributed by atoms with Gasteiger partial charge in [-0.25, -0.2) is 0 Å². The van der Waals surface area contributed by atoms with Crippen molar-refractivity contribution in [2.75, 3.05) is 6.54 Å². The van der Waals surface area contributed by atoms with Crippen molar-refractivity contribution in [3.05, 3.63) is 36.5 Å². The summed E-state index contributed by atoms with van der Waals surface area (Å²) in [5.74, 6) is -1.26. The van der Waals surface area contributed by atoms with Crippen molar-refractivity contribution in [1.29, 1.82) is 0 Å². The number of hydrogen-bond acceptors (Lipinski definition) is 6. The van der Waals surface area contributed by atoms with E-state index in [1.165, 1.54) is 70.1 Å². The largest absolute Gasteiger partial charge is 0.393 e. The monoisotopic (exact) mass is 560 g/mol. The molecule has 6 N–H and O–H groups in total. The minimum absolute atomic E-state index is 0.102. The Bertz CT molecular complexity index is 910. The standard InChI is InChI=1S/C30H48N4O6/c1-21-16-17-26(37)31-19-18-24(36)20-25(29(39)32-21)33-30(40)28(22(2)35)34-27(38)15-9-7-5-3-4-6-8-12-23-13-10-11-14-23/h5,7,9,15-17,21-25,28,35-36H,3-4,6,8,10-14,18-20H2,1-2H3,(H,31,37)(H,32,39)(H,33,40)(H,34,38)/b7-5+,15-9+,17-16-/t21-,22+,24-,25-,28-/m0/s1. The van der Waals surface area contributed by atoms with Crippen LogP contribution in [-0.4, -0.2) is 70.7 Å². The summed E-state index contributed by atoms with van der Waals surface area (Å²) in [6.45, 7) is 3.24. The third-order valence-electron chi connectivity index (χ3n) is 7.34. The molecule has 2 rings (SSSR count).